The molecule has 0 atom stereocenters. The zero-order chi connectivity index (χ0) is 96.0. The van der Waals surface area contributed by atoms with Gasteiger partial charge in [-0.2, -0.15) is 0 Å². The molecule has 0 aliphatic carbocycles. The Hall–Kier alpha value is -13.9. The van der Waals surface area contributed by atoms with Crippen molar-refractivity contribution < 1.29 is 53.3 Å². The number of hydrogen-bond acceptors (Lipinski definition) is 24. The molecule has 13 heterocycles. The largest absolute Gasteiger partial charge is 0.496 e. The average molecular weight is 1900 g/mol. The fourth-order valence-corrected chi connectivity index (χ4v) is 20.2. The Morgan fingerprint density at radius 3 is 1.23 bits per heavy atom. The number of nitrogens with zero attached hydrogens (tertiary/aromatic N) is 19. The van der Waals surface area contributed by atoms with Gasteiger partial charge in [0.25, 0.3) is 0 Å². The summed E-state index contributed by atoms with van der Waals surface area (Å²) in [6.07, 6.45) is 19.3. The number of piperidine rings is 1. The topological polar surface area (TPSA) is 302 Å². The Bertz CT molecular complexity index is 6930. The molecule has 19 rings (SSSR count). The normalized spacial score (nSPS) is 14.0. The zero-order valence-corrected chi connectivity index (χ0v) is 79.9. The van der Waals surface area contributed by atoms with E-state index in [-0.39, 0.29) is 28.4 Å². The first-order chi connectivity index (χ1) is 66.3. The molecule has 2 N–H and O–H groups in total. The maximum atomic E-state index is 14.5. The number of piperazine rings is 2. The van der Waals surface area contributed by atoms with Crippen molar-refractivity contribution in [2.24, 2.45) is 0 Å². The van der Waals surface area contributed by atoms with Crippen molar-refractivity contribution in [2.75, 3.05) is 115 Å². The van der Waals surface area contributed by atoms with Crippen LogP contribution in [0.4, 0.5) is 35.0 Å². The van der Waals surface area contributed by atoms with Crippen LogP contribution in [0.2, 0.25) is 0 Å². The maximum Gasteiger partial charge on any atom is 0.229 e. The zero-order valence-electron chi connectivity index (χ0n) is 78.3. The van der Waals surface area contributed by atoms with Gasteiger partial charge in [-0.3, -0.25) is 32.1 Å². The quantitative estimate of drug-likeness (QED) is 0.0430. The van der Waals surface area contributed by atoms with Crippen LogP contribution in [0.3, 0.4) is 0 Å². The van der Waals surface area contributed by atoms with E-state index in [1.807, 2.05) is 97.7 Å². The first kappa shape index (κ1) is 96.3. The molecule has 6 aromatic carbocycles. The number of hydrogen-bond donors (Lipinski definition) is 2. The summed E-state index contributed by atoms with van der Waals surface area (Å²) in [7, 11) is -0.599. The number of sulfonamides is 1. The van der Waals surface area contributed by atoms with Gasteiger partial charge in [0.05, 0.1) is 50.5 Å². The number of ether oxygens (including phenoxy) is 4. The molecule has 137 heavy (non-hydrogen) atoms. The van der Waals surface area contributed by atoms with Gasteiger partial charge in [0.15, 0.2) is 32.4 Å². The van der Waals surface area contributed by atoms with Gasteiger partial charge in [0, 0.05) is 156 Å². The van der Waals surface area contributed by atoms with Crippen LogP contribution in [0.25, 0.3) is 67.1 Å². The van der Waals surface area contributed by atoms with E-state index in [1.165, 1.54) is 37.4 Å². The van der Waals surface area contributed by atoms with Crippen molar-refractivity contribution >= 4 is 59.9 Å². The molecular formula is C102H111F4N21O8S2. The minimum atomic E-state index is -3.57. The molecule has 3 fully saturated rings. The summed E-state index contributed by atoms with van der Waals surface area (Å²) in [6.45, 7) is 20.4. The average Bonchev–Trinajstić information content (AvgIpc) is 1.71. The van der Waals surface area contributed by atoms with Gasteiger partial charge in [0.1, 0.15) is 77.4 Å². The lowest BCUT2D eigenvalue weighted by atomic mass is 10.0. The van der Waals surface area contributed by atoms with E-state index in [9.17, 15) is 34.4 Å². The van der Waals surface area contributed by atoms with Crippen molar-refractivity contribution in [1.29, 1.82) is 0 Å². The molecule has 16 aromatic rings. The summed E-state index contributed by atoms with van der Waals surface area (Å²) in [5, 5.41) is 36.5. The van der Waals surface area contributed by atoms with E-state index < -0.39 is 25.7 Å². The monoisotopic (exact) mass is 1900 g/mol. The number of methoxy groups -OCH3 is 4. The van der Waals surface area contributed by atoms with Crippen molar-refractivity contribution in [3.8, 4) is 67.5 Å². The van der Waals surface area contributed by atoms with Crippen LogP contribution < -0.4 is 38.8 Å². The number of rotatable bonds is 28. The number of nitrogens with one attached hydrogen (secondary N) is 2. The number of halogens is 4. The summed E-state index contributed by atoms with van der Waals surface area (Å²) < 4.78 is 138. The van der Waals surface area contributed by atoms with Gasteiger partial charge < -0.3 is 34.1 Å². The standard InChI is InChI=1S/C27H31FN6O.C26H30FN7O.C26H27FN4O3S.C23H23FN4O3S/c1-19(2)32-13-15-33(16-14-32)26-12-7-20(17-29-26)22-10-8-21(34-18-30-31-27(22)34)9-11-23-24(28)5-4-6-25(23)35-3;1-18(2)32-11-13-33(14-12-32)26-28-15-19(16-29-26)21-9-7-20(34-17-30-31-25(21)34)8-10-22-23(27)5-4-6-24(22)35-3;1-34-25-4-2-3-24(27)23(25)12-8-19-7-11-22(26-30-29-17-31(19)26)18-5-9-20(10-6-18)35(32,33)21-13-15-28-16-14-21;1-15-4-5-16(22(12-15)31-2)6-8-18-9-10-19(23-26-25-14-28(18)23)17-7-11-21(20(24)13-17)27-32(3,29)30/h4-8,10,12,17-19H,9,11,13-16H2,1-3H3;4-7,9,15-18H,8,10-14H2,1-3H3;2-7,9-11,17,21,28H,8,12-16H2,1H3;4-5,7,9-14,27H,6,8H2,1-3H3. The summed E-state index contributed by atoms with van der Waals surface area (Å²) in [6, 6.07) is 53.4. The molecule has 0 saturated carbocycles. The number of sulfone groups is 1. The number of aryl methyl sites for hydroxylation is 6. The maximum absolute atomic E-state index is 14.5. The van der Waals surface area contributed by atoms with Crippen LogP contribution in [0.5, 0.6) is 23.0 Å². The Morgan fingerprint density at radius 2 is 0.810 bits per heavy atom. The van der Waals surface area contributed by atoms with E-state index in [1.54, 1.807) is 101 Å². The van der Waals surface area contributed by atoms with Gasteiger partial charge in [-0.1, -0.05) is 48.5 Å². The Kier molecular flexibility index (Phi) is 30.5. The van der Waals surface area contributed by atoms with E-state index in [4.69, 9.17) is 23.9 Å². The third-order valence-corrected chi connectivity index (χ3v) is 28.4. The molecular weight excluding hydrogens is 1790 g/mol. The highest BCUT2D eigenvalue weighted by Gasteiger charge is 2.31. The second kappa shape index (κ2) is 43.4. The third kappa shape index (κ3) is 22.3. The van der Waals surface area contributed by atoms with Crippen LogP contribution in [-0.2, 0) is 71.2 Å². The molecule has 3 aliphatic heterocycles. The Balaban J connectivity index is 0.000000132. The van der Waals surface area contributed by atoms with Gasteiger partial charge in [-0.05, 0) is 262 Å². The molecule has 29 nitrogen and oxygen atoms in total. The lowest BCUT2D eigenvalue weighted by Gasteiger charge is -2.37. The van der Waals surface area contributed by atoms with Crippen LogP contribution >= 0.6 is 0 Å². The second-order valence-electron chi connectivity index (χ2n) is 34.6. The molecule has 10 aromatic heterocycles. The molecule has 35 heteroatoms. The molecule has 3 saturated heterocycles. The fourth-order valence-electron chi connectivity index (χ4n) is 17.9. The Labute approximate surface area is 794 Å². The first-order valence-corrected chi connectivity index (χ1v) is 49.2. The summed E-state index contributed by atoms with van der Waals surface area (Å²) >= 11 is 0. The minimum absolute atomic E-state index is 0.0996. The first-order valence-electron chi connectivity index (χ1n) is 45.8. The lowest BCUT2D eigenvalue weighted by molar-refractivity contribution is 0.208. The van der Waals surface area contributed by atoms with Crippen LogP contribution in [0, 0.1) is 30.2 Å². The molecule has 0 unspecified atom stereocenters. The lowest BCUT2D eigenvalue weighted by Crippen LogP contribution is -2.49. The summed E-state index contributed by atoms with van der Waals surface area (Å²) in [5.74, 6) is 2.81. The van der Waals surface area contributed by atoms with Gasteiger partial charge in [0.2, 0.25) is 16.0 Å². The van der Waals surface area contributed by atoms with Crippen LogP contribution in [-0.4, -0.2) is 217 Å². The summed E-state index contributed by atoms with van der Waals surface area (Å²) in [5.41, 5.74) is 17.3. The van der Waals surface area contributed by atoms with Gasteiger partial charge >= 0.3 is 0 Å². The van der Waals surface area contributed by atoms with E-state index >= 15 is 0 Å². The van der Waals surface area contributed by atoms with Crippen LogP contribution in [0.15, 0.2) is 225 Å². The van der Waals surface area contributed by atoms with E-state index in [0.717, 1.165) is 181 Å². The SMILES string of the molecule is COc1cc(C)ccc1CCc1ccc(-c2ccc(NS(C)(=O)=O)c(F)c2)c2nncn12.COc1cccc(F)c1CCc1ccc(-c2ccc(N3CCN(C(C)C)CC3)nc2)c2nncn12.COc1cccc(F)c1CCc1ccc(-c2ccc(S(=O)(=O)C3CCNCC3)cc2)c2nncn12.COc1cccc(F)c1CCc1ccc(-c2cnc(N3CCN(C(C)C)CC3)nc2)c2nncn12. The fraction of sp³-hybridized carbons (Fsp3) is 0.324. The predicted octanol–water partition coefficient (Wildman–Crippen LogP) is 15.8. The van der Waals surface area contributed by atoms with E-state index in [2.05, 4.69) is 144 Å². The number of benzene rings is 6. The second-order valence-corrected chi connectivity index (χ2v) is 38.6. The highest BCUT2D eigenvalue weighted by molar-refractivity contribution is 7.92. The molecule has 3 aliphatic rings. The number of anilines is 3. The van der Waals surface area contributed by atoms with Crippen molar-refractivity contribution in [1.82, 2.24) is 88.5 Å². The molecule has 0 bridgehead atoms. The van der Waals surface area contributed by atoms with Crippen LogP contribution in [0.1, 0.15) is 91.1 Å². The number of fused-ring (bicyclic) bond motifs is 4. The van der Waals surface area contributed by atoms with Crippen molar-refractivity contribution in [3.63, 3.8) is 0 Å². The molecule has 0 amide bonds. The Morgan fingerprint density at radius 1 is 0.409 bits per heavy atom. The molecule has 0 spiro atoms. The number of aromatic nitrogens is 15. The highest BCUT2D eigenvalue weighted by atomic mass is 32.2. The van der Waals surface area contributed by atoms with Crippen molar-refractivity contribution in [3.05, 3.63) is 294 Å². The van der Waals surface area contributed by atoms with Gasteiger partial charge in [-0.25, -0.2) is 49.3 Å². The molecule has 0 radical (unpaired) electrons. The van der Waals surface area contributed by atoms with E-state index in [0.29, 0.717) is 125 Å². The third-order valence-electron chi connectivity index (χ3n) is 25.5. The predicted molar refractivity (Wildman–Crippen MR) is 523 cm³/mol. The van der Waals surface area contributed by atoms with Gasteiger partial charge in [-0.15, -0.1) is 40.8 Å². The smallest absolute Gasteiger partial charge is 0.229 e. The summed E-state index contributed by atoms with van der Waals surface area (Å²) in [4.78, 5) is 24.0. The molecule has 712 valence electrons. The van der Waals surface area contributed by atoms with Crippen molar-refractivity contribution in [2.45, 2.75) is 121 Å². The minimum Gasteiger partial charge on any atom is -0.496 e. The number of pyridine rings is 5. The highest BCUT2D eigenvalue weighted by Crippen LogP contribution is 2.36.